The Hall–Kier alpha value is -3.92. The van der Waals surface area contributed by atoms with Gasteiger partial charge in [0.05, 0.1) is 40.9 Å². The van der Waals surface area contributed by atoms with Gasteiger partial charge < -0.3 is 14.8 Å². The fourth-order valence-corrected chi connectivity index (χ4v) is 3.26. The largest absolute Gasteiger partial charge is 0.495 e. The third-order valence-corrected chi connectivity index (χ3v) is 4.69. The highest BCUT2D eigenvalue weighted by molar-refractivity contribution is 6.32. The van der Waals surface area contributed by atoms with Crippen LogP contribution in [0.15, 0.2) is 49.1 Å². The number of hydrogen-bond donors (Lipinski definition) is 1. The van der Waals surface area contributed by atoms with Crippen molar-refractivity contribution in [1.82, 2.24) is 19.5 Å². The lowest BCUT2D eigenvalue weighted by Crippen LogP contribution is -2.08. The molecule has 0 fully saturated rings. The fraction of sp³-hybridized carbons (Fsp3) is 0.105. The molecule has 10 nitrogen and oxygen atoms in total. The van der Waals surface area contributed by atoms with Crippen LogP contribution in [0.2, 0.25) is 5.02 Å². The van der Waals surface area contributed by atoms with Crippen LogP contribution in [0.25, 0.3) is 16.9 Å². The fourth-order valence-electron chi connectivity index (χ4n) is 3.02. The molecule has 0 amide bonds. The number of nitro groups is 1. The van der Waals surface area contributed by atoms with E-state index in [1.54, 1.807) is 16.7 Å². The Labute approximate surface area is 175 Å². The zero-order valence-electron chi connectivity index (χ0n) is 15.9. The van der Waals surface area contributed by atoms with Crippen LogP contribution in [-0.2, 0) is 0 Å². The topological polar surface area (TPSA) is 117 Å². The second-order valence-electron chi connectivity index (χ2n) is 6.07. The summed E-state index contributed by atoms with van der Waals surface area (Å²) in [6, 6.07) is 10.4. The first-order chi connectivity index (χ1) is 14.5. The highest BCUT2D eigenvalue weighted by Gasteiger charge is 2.26. The summed E-state index contributed by atoms with van der Waals surface area (Å²) in [6.07, 6.45) is 2.71. The van der Waals surface area contributed by atoms with Gasteiger partial charge >= 0.3 is 5.69 Å². The second kappa shape index (κ2) is 7.84. The van der Waals surface area contributed by atoms with Crippen molar-refractivity contribution in [2.45, 2.75) is 0 Å². The van der Waals surface area contributed by atoms with Crippen molar-refractivity contribution in [2.24, 2.45) is 0 Å². The van der Waals surface area contributed by atoms with E-state index in [0.717, 1.165) is 0 Å². The number of ether oxygens (including phenoxy) is 2. The number of para-hydroxylation sites is 2. The number of fused-ring (bicyclic) bond motifs is 1. The maximum absolute atomic E-state index is 12.0. The minimum atomic E-state index is -0.552. The van der Waals surface area contributed by atoms with E-state index in [-0.39, 0.29) is 17.3 Å². The summed E-state index contributed by atoms with van der Waals surface area (Å²) < 4.78 is 12.1. The number of methoxy groups -OCH3 is 2. The molecule has 0 bridgehead atoms. The number of nitrogens with one attached hydrogen (secondary N) is 1. The number of imidazole rings is 1. The Morgan fingerprint density at radius 1 is 1.10 bits per heavy atom. The van der Waals surface area contributed by atoms with Crippen LogP contribution >= 0.6 is 11.6 Å². The number of halogens is 1. The average Bonchev–Trinajstić information content (AvgIpc) is 3.17. The molecule has 0 unspecified atom stereocenters. The summed E-state index contributed by atoms with van der Waals surface area (Å²) in [7, 11) is 2.94. The third kappa shape index (κ3) is 3.33. The predicted molar refractivity (Wildman–Crippen MR) is 111 cm³/mol. The van der Waals surface area contributed by atoms with Crippen molar-refractivity contribution < 1.29 is 14.4 Å². The van der Waals surface area contributed by atoms with E-state index in [1.165, 1.54) is 32.9 Å². The monoisotopic (exact) mass is 426 g/mol. The van der Waals surface area contributed by atoms with Crippen molar-refractivity contribution >= 4 is 39.8 Å². The molecule has 0 radical (unpaired) electrons. The zero-order valence-corrected chi connectivity index (χ0v) is 16.6. The lowest BCUT2D eigenvalue weighted by Gasteiger charge is -2.14. The lowest BCUT2D eigenvalue weighted by atomic mass is 10.2. The molecule has 1 N–H and O–H groups in total. The molecule has 2 aromatic carbocycles. The summed E-state index contributed by atoms with van der Waals surface area (Å²) >= 11 is 6.21. The van der Waals surface area contributed by atoms with Gasteiger partial charge in [0.1, 0.15) is 24.2 Å². The van der Waals surface area contributed by atoms with Gasteiger partial charge in [0.15, 0.2) is 0 Å². The van der Waals surface area contributed by atoms with Gasteiger partial charge in [-0.3, -0.25) is 14.7 Å². The zero-order chi connectivity index (χ0) is 21.3. The maximum atomic E-state index is 12.0. The van der Waals surface area contributed by atoms with Crippen molar-refractivity contribution in [3.63, 3.8) is 0 Å². The van der Waals surface area contributed by atoms with E-state index < -0.39 is 4.92 Å². The van der Waals surface area contributed by atoms with Gasteiger partial charge in [-0.25, -0.2) is 15.0 Å². The number of rotatable bonds is 6. The normalized spacial score (nSPS) is 10.8. The SMILES string of the molecule is COc1cc(OC)c(Nc2ncnc(-n3cnc4ccccc43)c2[N+](=O)[O-])cc1Cl. The van der Waals surface area contributed by atoms with Gasteiger partial charge in [0.2, 0.25) is 11.6 Å². The van der Waals surface area contributed by atoms with Gasteiger partial charge in [-0.2, -0.15) is 0 Å². The standard InChI is InChI=1S/C19H15ClN6O4/c1-29-15-8-16(30-2)13(7-11(15)20)24-18-17(26(27)28)19(22-9-21-18)25-10-23-12-5-3-4-6-14(12)25/h3-10H,1-2H3,(H,21,22,24). The molecule has 0 aliphatic heterocycles. The number of benzene rings is 2. The molecule has 0 aliphatic rings. The minimum absolute atomic E-state index is 0.0256. The summed E-state index contributed by atoms with van der Waals surface area (Å²) in [6.45, 7) is 0. The van der Waals surface area contributed by atoms with Gasteiger partial charge in [-0.15, -0.1) is 0 Å². The third-order valence-electron chi connectivity index (χ3n) is 4.39. The highest BCUT2D eigenvalue weighted by Crippen LogP contribution is 2.39. The van der Waals surface area contributed by atoms with Crippen LogP contribution in [0.1, 0.15) is 0 Å². The summed E-state index contributed by atoms with van der Waals surface area (Å²) in [4.78, 5) is 23.9. The van der Waals surface area contributed by atoms with Crippen molar-refractivity contribution in [3.8, 4) is 17.3 Å². The Morgan fingerprint density at radius 2 is 1.87 bits per heavy atom. The molecule has 4 aromatic rings. The van der Waals surface area contributed by atoms with Gasteiger partial charge in [0.25, 0.3) is 0 Å². The molecular weight excluding hydrogens is 412 g/mol. The van der Waals surface area contributed by atoms with E-state index in [1.807, 2.05) is 18.2 Å². The van der Waals surface area contributed by atoms with Crippen LogP contribution in [0, 0.1) is 10.1 Å². The van der Waals surface area contributed by atoms with Crippen molar-refractivity contribution in [1.29, 1.82) is 0 Å². The van der Waals surface area contributed by atoms with Gasteiger partial charge in [-0.05, 0) is 18.2 Å². The molecule has 2 heterocycles. The first-order valence-corrected chi connectivity index (χ1v) is 9.01. The number of anilines is 2. The Balaban J connectivity index is 1.86. The number of hydrogen-bond acceptors (Lipinski definition) is 8. The van der Waals surface area contributed by atoms with Crippen LogP contribution in [0.3, 0.4) is 0 Å². The first-order valence-electron chi connectivity index (χ1n) is 8.64. The molecular formula is C19H15ClN6O4. The second-order valence-corrected chi connectivity index (χ2v) is 6.47. The van der Waals surface area contributed by atoms with Crippen molar-refractivity contribution in [2.75, 3.05) is 19.5 Å². The molecule has 152 valence electrons. The van der Waals surface area contributed by atoms with Crippen LogP contribution in [0.5, 0.6) is 11.5 Å². The first kappa shape index (κ1) is 19.4. The summed E-state index contributed by atoms with van der Waals surface area (Å²) in [5.74, 6) is 0.827. The molecule has 0 saturated heterocycles. The van der Waals surface area contributed by atoms with Gasteiger partial charge in [0, 0.05) is 6.07 Å². The molecule has 2 aromatic heterocycles. The molecule has 0 aliphatic carbocycles. The molecule has 0 atom stereocenters. The number of nitrogens with zero attached hydrogens (tertiary/aromatic N) is 5. The van der Waals surface area contributed by atoms with Crippen LogP contribution < -0.4 is 14.8 Å². The summed E-state index contributed by atoms with van der Waals surface area (Å²) in [5, 5.41) is 15.2. The Bertz CT molecular complexity index is 1260. The Morgan fingerprint density at radius 3 is 2.60 bits per heavy atom. The smallest absolute Gasteiger partial charge is 0.354 e. The van der Waals surface area contributed by atoms with E-state index in [4.69, 9.17) is 21.1 Å². The van der Waals surface area contributed by atoms with E-state index >= 15 is 0 Å². The van der Waals surface area contributed by atoms with Crippen molar-refractivity contribution in [3.05, 3.63) is 64.2 Å². The average molecular weight is 427 g/mol. The minimum Gasteiger partial charge on any atom is -0.495 e. The molecule has 30 heavy (non-hydrogen) atoms. The summed E-state index contributed by atoms with van der Waals surface area (Å²) in [5.41, 5.74) is 1.42. The van der Waals surface area contributed by atoms with Crippen LogP contribution in [-0.4, -0.2) is 38.7 Å². The molecule has 11 heteroatoms. The number of aromatic nitrogens is 4. The Kier molecular flexibility index (Phi) is 5.07. The van der Waals surface area contributed by atoms with E-state index in [2.05, 4.69) is 20.3 Å². The lowest BCUT2D eigenvalue weighted by molar-refractivity contribution is -0.384. The molecule has 4 rings (SSSR count). The van der Waals surface area contributed by atoms with E-state index in [9.17, 15) is 10.1 Å². The van der Waals surface area contributed by atoms with E-state index in [0.29, 0.717) is 33.2 Å². The molecule has 0 saturated carbocycles. The predicted octanol–water partition coefficient (Wildman–Crippen LogP) is 4.14. The molecule has 0 spiro atoms. The van der Waals surface area contributed by atoms with Crippen LogP contribution in [0.4, 0.5) is 17.2 Å². The highest BCUT2D eigenvalue weighted by atomic mass is 35.5. The quantitative estimate of drug-likeness (QED) is 0.361. The maximum Gasteiger partial charge on any atom is 0.354 e. The van der Waals surface area contributed by atoms with Gasteiger partial charge in [-0.1, -0.05) is 23.7 Å².